The molecule has 1 fully saturated rings. The Morgan fingerprint density at radius 1 is 1.47 bits per heavy atom. The third-order valence-electron chi connectivity index (χ3n) is 3.48. The van der Waals surface area contributed by atoms with Gasteiger partial charge in [-0.05, 0) is 25.7 Å². The fraction of sp³-hybridized carbons (Fsp3) is 0.667. The minimum atomic E-state index is -2.12. The van der Waals surface area contributed by atoms with Crippen molar-refractivity contribution in [3.05, 3.63) is 12.2 Å². The van der Waals surface area contributed by atoms with E-state index in [1.807, 2.05) is 12.2 Å². The van der Waals surface area contributed by atoms with Gasteiger partial charge in [0, 0.05) is 5.92 Å². The minimum Gasteiger partial charge on any atom is -0.466 e. The van der Waals surface area contributed by atoms with Gasteiger partial charge in [0.15, 0.2) is 0 Å². The van der Waals surface area contributed by atoms with Crippen LogP contribution in [0.4, 0.5) is 0 Å². The Balaban J connectivity index is 2.29. The number of rotatable bonds is 1. The summed E-state index contributed by atoms with van der Waals surface area (Å²) in [5.74, 6) is -2.30. The molecule has 0 aromatic rings. The summed E-state index contributed by atoms with van der Waals surface area (Å²) in [5, 5.41) is 10.3. The zero-order valence-electron chi connectivity index (χ0n) is 9.72. The molecule has 0 aromatic heterocycles. The summed E-state index contributed by atoms with van der Waals surface area (Å²) in [6.07, 6.45) is 6.31. The molecule has 0 radical (unpaired) electrons. The Morgan fingerprint density at radius 2 is 2.12 bits per heavy atom. The van der Waals surface area contributed by atoms with Crippen molar-refractivity contribution >= 4 is 11.9 Å². The molecular weight excluding hydrogens is 224 g/mol. The first-order chi connectivity index (χ1) is 8.10. The highest BCUT2D eigenvalue weighted by Crippen LogP contribution is 2.39. The topological polar surface area (TPSA) is 72.8 Å². The Hall–Kier alpha value is -1.36. The largest absolute Gasteiger partial charge is 0.466 e. The number of carbonyl (C=O) groups is 2. The first-order valence-corrected chi connectivity index (χ1v) is 5.77. The Morgan fingerprint density at radius 3 is 2.76 bits per heavy atom. The maximum absolute atomic E-state index is 11.7. The number of allylic oxidation sites excluding steroid dienone is 2. The molecule has 0 bridgehead atoms. The number of hydrogen-bond acceptors (Lipinski definition) is 5. The second-order valence-corrected chi connectivity index (χ2v) is 4.43. The standard InChI is InChI=1S/C12H16O5/c1-16-10(13)12(15)8-6-4-2-3-5-7-9(8)17-11(12)14/h2-3,8-9,15H,4-7H2,1H3/b3-2-/t8-,9-,12-/m0/s1. The van der Waals surface area contributed by atoms with E-state index in [0.29, 0.717) is 12.8 Å². The van der Waals surface area contributed by atoms with E-state index in [2.05, 4.69) is 4.74 Å². The second-order valence-electron chi connectivity index (χ2n) is 4.43. The van der Waals surface area contributed by atoms with Crippen LogP contribution in [-0.2, 0) is 19.1 Å². The molecule has 5 nitrogen and oxygen atoms in total. The van der Waals surface area contributed by atoms with Crippen molar-refractivity contribution in [1.29, 1.82) is 0 Å². The quantitative estimate of drug-likeness (QED) is 0.412. The first-order valence-electron chi connectivity index (χ1n) is 5.77. The Bertz CT molecular complexity index is 362. The van der Waals surface area contributed by atoms with Gasteiger partial charge in [0.1, 0.15) is 6.10 Å². The summed E-state index contributed by atoms with van der Waals surface area (Å²) in [7, 11) is 1.16. The summed E-state index contributed by atoms with van der Waals surface area (Å²) in [6, 6.07) is 0. The monoisotopic (exact) mass is 240 g/mol. The predicted octanol–water partition coefficient (Wildman–Crippen LogP) is 0.562. The predicted molar refractivity (Wildman–Crippen MR) is 57.9 cm³/mol. The van der Waals surface area contributed by atoms with Crippen LogP contribution in [0, 0.1) is 5.92 Å². The highest BCUT2D eigenvalue weighted by molar-refractivity contribution is 6.05. The maximum Gasteiger partial charge on any atom is 0.350 e. The van der Waals surface area contributed by atoms with E-state index in [4.69, 9.17) is 4.74 Å². The molecule has 1 saturated heterocycles. The molecule has 17 heavy (non-hydrogen) atoms. The van der Waals surface area contributed by atoms with Crippen molar-refractivity contribution in [1.82, 2.24) is 0 Å². The maximum atomic E-state index is 11.7. The van der Waals surface area contributed by atoms with E-state index in [1.54, 1.807) is 0 Å². The lowest BCUT2D eigenvalue weighted by molar-refractivity contribution is -0.175. The second kappa shape index (κ2) is 4.49. The van der Waals surface area contributed by atoms with Crippen LogP contribution in [0.15, 0.2) is 12.2 Å². The summed E-state index contributed by atoms with van der Waals surface area (Å²) >= 11 is 0. The van der Waals surface area contributed by atoms with Gasteiger partial charge in [-0.2, -0.15) is 0 Å². The molecule has 0 saturated carbocycles. The van der Waals surface area contributed by atoms with E-state index in [-0.39, 0.29) is 0 Å². The molecule has 0 unspecified atom stereocenters. The van der Waals surface area contributed by atoms with E-state index >= 15 is 0 Å². The molecule has 5 heteroatoms. The fourth-order valence-corrected chi connectivity index (χ4v) is 2.55. The van der Waals surface area contributed by atoms with Crippen LogP contribution in [0.1, 0.15) is 25.7 Å². The van der Waals surface area contributed by atoms with Crippen LogP contribution in [-0.4, -0.2) is 35.9 Å². The van der Waals surface area contributed by atoms with Crippen molar-refractivity contribution in [3.63, 3.8) is 0 Å². The van der Waals surface area contributed by atoms with Gasteiger partial charge >= 0.3 is 11.9 Å². The number of esters is 2. The van der Waals surface area contributed by atoms with Crippen molar-refractivity contribution in [2.45, 2.75) is 37.4 Å². The van der Waals surface area contributed by atoms with Crippen LogP contribution >= 0.6 is 0 Å². The molecule has 0 aromatic carbocycles. The van der Waals surface area contributed by atoms with E-state index in [1.165, 1.54) is 0 Å². The van der Waals surface area contributed by atoms with E-state index in [9.17, 15) is 14.7 Å². The molecule has 94 valence electrons. The lowest BCUT2D eigenvalue weighted by Gasteiger charge is -2.25. The molecule has 0 amide bonds. The average molecular weight is 240 g/mol. The lowest BCUT2D eigenvalue weighted by Crippen LogP contribution is -2.50. The summed E-state index contributed by atoms with van der Waals surface area (Å²) in [4.78, 5) is 23.3. The van der Waals surface area contributed by atoms with E-state index < -0.39 is 29.6 Å². The molecule has 1 aliphatic carbocycles. The molecule has 1 aliphatic heterocycles. The summed E-state index contributed by atoms with van der Waals surface area (Å²) < 4.78 is 9.64. The van der Waals surface area contributed by atoms with Gasteiger partial charge in [-0.25, -0.2) is 9.59 Å². The van der Waals surface area contributed by atoms with Crippen molar-refractivity contribution in [2.24, 2.45) is 5.92 Å². The van der Waals surface area contributed by atoms with Gasteiger partial charge in [-0.15, -0.1) is 0 Å². The normalized spacial score (nSPS) is 38.6. The zero-order valence-corrected chi connectivity index (χ0v) is 9.72. The van der Waals surface area contributed by atoms with Gasteiger partial charge in [-0.1, -0.05) is 12.2 Å². The third-order valence-corrected chi connectivity index (χ3v) is 3.48. The van der Waals surface area contributed by atoms with Gasteiger partial charge in [0.05, 0.1) is 7.11 Å². The number of fused-ring (bicyclic) bond motifs is 1. The van der Waals surface area contributed by atoms with Crippen molar-refractivity contribution in [2.75, 3.05) is 7.11 Å². The van der Waals surface area contributed by atoms with Gasteiger partial charge in [0.2, 0.25) is 0 Å². The SMILES string of the molecule is COC(=O)[C@]1(O)C(=O)O[C@H]2CC/C=C\CC[C@@H]21. The van der Waals surface area contributed by atoms with Gasteiger partial charge < -0.3 is 14.6 Å². The van der Waals surface area contributed by atoms with Crippen molar-refractivity contribution in [3.8, 4) is 0 Å². The van der Waals surface area contributed by atoms with Crippen LogP contribution in [0.3, 0.4) is 0 Å². The van der Waals surface area contributed by atoms with Gasteiger partial charge in [0.25, 0.3) is 5.60 Å². The third kappa shape index (κ3) is 1.84. The summed E-state index contributed by atoms with van der Waals surface area (Å²) in [6.45, 7) is 0. The lowest BCUT2D eigenvalue weighted by atomic mass is 9.80. The molecule has 2 rings (SSSR count). The highest BCUT2D eigenvalue weighted by atomic mass is 16.6. The van der Waals surface area contributed by atoms with Crippen molar-refractivity contribution < 1.29 is 24.2 Å². The molecule has 1 heterocycles. The van der Waals surface area contributed by atoms with Crippen LogP contribution < -0.4 is 0 Å². The van der Waals surface area contributed by atoms with Crippen LogP contribution in [0.25, 0.3) is 0 Å². The van der Waals surface area contributed by atoms with Gasteiger partial charge in [-0.3, -0.25) is 0 Å². The molecule has 3 atom stereocenters. The minimum absolute atomic E-state index is 0.392. The number of methoxy groups -OCH3 is 1. The number of ether oxygens (including phenoxy) is 2. The highest BCUT2D eigenvalue weighted by Gasteiger charge is 2.61. The molecule has 0 spiro atoms. The first kappa shape index (κ1) is 12.1. The Labute approximate surface area is 99.4 Å². The molecule has 1 N–H and O–H groups in total. The molecular formula is C12H16O5. The van der Waals surface area contributed by atoms with E-state index in [0.717, 1.165) is 20.0 Å². The number of hydrogen-bond donors (Lipinski definition) is 1. The Kier molecular flexibility index (Phi) is 3.19. The fourth-order valence-electron chi connectivity index (χ4n) is 2.55. The van der Waals surface area contributed by atoms with Crippen LogP contribution in [0.5, 0.6) is 0 Å². The summed E-state index contributed by atoms with van der Waals surface area (Å²) in [5.41, 5.74) is -2.12. The van der Waals surface area contributed by atoms with Crippen LogP contribution in [0.2, 0.25) is 0 Å². The number of carbonyl (C=O) groups excluding carboxylic acids is 2. The zero-order chi connectivity index (χ0) is 12.5. The molecule has 2 aliphatic rings. The average Bonchev–Trinajstić information content (AvgIpc) is 2.52. The smallest absolute Gasteiger partial charge is 0.350 e. The number of aliphatic hydroxyl groups is 1.